The summed E-state index contributed by atoms with van der Waals surface area (Å²) in [5, 5.41) is 0. The molecule has 0 radical (unpaired) electrons. The summed E-state index contributed by atoms with van der Waals surface area (Å²) < 4.78 is 10.7. The van der Waals surface area contributed by atoms with Crippen molar-refractivity contribution in [3.63, 3.8) is 0 Å². The second-order valence-corrected chi connectivity index (χ2v) is 5.07. The average molecular weight is 292 g/mol. The predicted molar refractivity (Wildman–Crippen MR) is 81.9 cm³/mol. The second-order valence-electron chi connectivity index (χ2n) is 5.07. The van der Waals surface area contributed by atoms with Crippen LogP contribution in [0.1, 0.15) is 54.1 Å². The third-order valence-corrected chi connectivity index (χ3v) is 3.20. The summed E-state index contributed by atoms with van der Waals surface area (Å²) in [7, 11) is 0. The van der Waals surface area contributed by atoms with E-state index in [9.17, 15) is 9.59 Å². The highest BCUT2D eigenvalue weighted by molar-refractivity contribution is 5.76. The Labute approximate surface area is 126 Å². The van der Waals surface area contributed by atoms with Gasteiger partial charge in [-0.3, -0.25) is 9.59 Å². The Kier molecular flexibility index (Phi) is 7.51. The average Bonchev–Trinajstić information content (AvgIpc) is 2.44. The summed E-state index contributed by atoms with van der Waals surface area (Å²) in [5.41, 5.74) is 2.62. The van der Waals surface area contributed by atoms with E-state index >= 15 is 0 Å². The van der Waals surface area contributed by atoms with Crippen molar-refractivity contribution in [2.75, 3.05) is 13.2 Å². The molecule has 0 amide bonds. The highest BCUT2D eigenvalue weighted by Crippen LogP contribution is 2.24. The first-order chi connectivity index (χ1) is 10.1. The Morgan fingerprint density at radius 3 is 2.38 bits per heavy atom. The van der Waals surface area contributed by atoms with Crippen LogP contribution in [0.3, 0.4) is 0 Å². The molecule has 0 spiro atoms. The molecule has 0 aliphatic heterocycles. The quantitative estimate of drug-likeness (QED) is 0.396. The van der Waals surface area contributed by atoms with Crippen molar-refractivity contribution in [1.82, 2.24) is 0 Å². The molecule has 0 saturated carbocycles. The lowest BCUT2D eigenvalue weighted by Crippen LogP contribution is -2.04. The van der Waals surface area contributed by atoms with Crippen LogP contribution < -0.4 is 4.74 Å². The summed E-state index contributed by atoms with van der Waals surface area (Å²) in [5.74, 6) is 0.723. The summed E-state index contributed by atoms with van der Waals surface area (Å²) in [4.78, 5) is 21.9. The number of ether oxygens (including phenoxy) is 2. The van der Waals surface area contributed by atoms with Crippen LogP contribution in [0, 0.1) is 13.8 Å². The second kappa shape index (κ2) is 9.16. The lowest BCUT2D eigenvalue weighted by atomic mass is 10.1. The van der Waals surface area contributed by atoms with Crippen LogP contribution in [-0.4, -0.2) is 25.5 Å². The Morgan fingerprint density at radius 2 is 1.81 bits per heavy atom. The van der Waals surface area contributed by atoms with Crippen molar-refractivity contribution in [3.05, 3.63) is 28.8 Å². The Balaban J connectivity index is 2.30. The van der Waals surface area contributed by atoms with Crippen LogP contribution in [0.2, 0.25) is 0 Å². The van der Waals surface area contributed by atoms with Gasteiger partial charge in [0, 0.05) is 12.0 Å². The Bertz CT molecular complexity index is 457. The van der Waals surface area contributed by atoms with Gasteiger partial charge >= 0.3 is 5.97 Å². The summed E-state index contributed by atoms with van der Waals surface area (Å²) >= 11 is 0. The van der Waals surface area contributed by atoms with Crippen molar-refractivity contribution in [3.8, 4) is 5.75 Å². The molecule has 0 aromatic heterocycles. The molecule has 0 heterocycles. The molecule has 4 heteroatoms. The molecule has 0 unspecified atom stereocenters. The van der Waals surface area contributed by atoms with Gasteiger partial charge in [-0.25, -0.2) is 0 Å². The maximum Gasteiger partial charge on any atom is 0.305 e. The molecule has 1 aromatic carbocycles. The van der Waals surface area contributed by atoms with Gasteiger partial charge < -0.3 is 9.47 Å². The molecule has 0 aliphatic carbocycles. The van der Waals surface area contributed by atoms with Gasteiger partial charge in [0.2, 0.25) is 0 Å². The van der Waals surface area contributed by atoms with Gasteiger partial charge in [0.1, 0.15) is 12.0 Å². The molecule has 0 atom stereocenters. The molecule has 21 heavy (non-hydrogen) atoms. The van der Waals surface area contributed by atoms with E-state index in [1.807, 2.05) is 32.9 Å². The van der Waals surface area contributed by atoms with Crippen LogP contribution in [0.5, 0.6) is 5.75 Å². The summed E-state index contributed by atoms with van der Waals surface area (Å²) in [6, 6.07) is 3.66. The number of hydrogen-bond acceptors (Lipinski definition) is 4. The number of benzene rings is 1. The number of unbranched alkanes of at least 4 members (excludes halogenated alkanes) is 2. The zero-order valence-electron chi connectivity index (χ0n) is 13.1. The van der Waals surface area contributed by atoms with E-state index in [-0.39, 0.29) is 5.97 Å². The zero-order chi connectivity index (χ0) is 15.7. The number of esters is 1. The van der Waals surface area contributed by atoms with E-state index in [1.54, 1.807) is 0 Å². The molecule has 0 bridgehead atoms. The van der Waals surface area contributed by atoms with Crippen molar-refractivity contribution < 1.29 is 19.1 Å². The fourth-order valence-electron chi connectivity index (χ4n) is 2.24. The van der Waals surface area contributed by atoms with Crippen LogP contribution in [0.4, 0.5) is 0 Å². The van der Waals surface area contributed by atoms with Crippen LogP contribution in [-0.2, 0) is 9.53 Å². The molecule has 4 nitrogen and oxygen atoms in total. The topological polar surface area (TPSA) is 52.6 Å². The SMILES string of the molecule is CCOC(=O)CCCCCOc1c(C)cc(C=O)cc1C. The van der Waals surface area contributed by atoms with Crippen molar-refractivity contribution in [2.24, 2.45) is 0 Å². The molecule has 116 valence electrons. The largest absolute Gasteiger partial charge is 0.493 e. The maximum absolute atomic E-state index is 11.2. The molecule has 1 rings (SSSR count). The summed E-state index contributed by atoms with van der Waals surface area (Å²) in [6.07, 6.45) is 3.97. The van der Waals surface area contributed by atoms with Crippen molar-refractivity contribution in [1.29, 1.82) is 0 Å². The van der Waals surface area contributed by atoms with Crippen LogP contribution >= 0.6 is 0 Å². The van der Waals surface area contributed by atoms with E-state index in [2.05, 4.69) is 0 Å². The molecule has 0 aliphatic rings. The molecule has 0 N–H and O–H groups in total. The maximum atomic E-state index is 11.2. The highest BCUT2D eigenvalue weighted by atomic mass is 16.5. The monoisotopic (exact) mass is 292 g/mol. The minimum absolute atomic E-state index is 0.130. The lowest BCUT2D eigenvalue weighted by Gasteiger charge is -2.12. The smallest absolute Gasteiger partial charge is 0.305 e. The first-order valence-electron chi connectivity index (χ1n) is 7.43. The van der Waals surface area contributed by atoms with Gasteiger partial charge in [-0.05, 0) is 63.3 Å². The van der Waals surface area contributed by atoms with E-state index in [0.29, 0.717) is 25.2 Å². The van der Waals surface area contributed by atoms with Gasteiger partial charge in [0.25, 0.3) is 0 Å². The zero-order valence-corrected chi connectivity index (χ0v) is 13.1. The molecule has 1 aromatic rings. The van der Waals surface area contributed by atoms with Gasteiger partial charge in [0.15, 0.2) is 0 Å². The predicted octanol–water partition coefficient (Wildman–Crippen LogP) is 3.62. The first kappa shape index (κ1) is 17.2. The molecular formula is C17H24O4. The summed E-state index contributed by atoms with van der Waals surface area (Å²) in [6.45, 7) is 6.75. The van der Waals surface area contributed by atoms with E-state index in [1.165, 1.54) is 0 Å². The standard InChI is InChI=1S/C17H24O4/c1-4-20-16(19)8-6-5-7-9-21-17-13(2)10-15(12-18)11-14(17)3/h10-12H,4-9H2,1-3H3. The number of carbonyl (C=O) groups is 2. The lowest BCUT2D eigenvalue weighted by molar-refractivity contribution is -0.143. The third-order valence-electron chi connectivity index (χ3n) is 3.20. The van der Waals surface area contributed by atoms with E-state index < -0.39 is 0 Å². The number of aldehydes is 1. The van der Waals surface area contributed by atoms with Gasteiger partial charge in [-0.2, -0.15) is 0 Å². The fraction of sp³-hybridized carbons (Fsp3) is 0.529. The highest BCUT2D eigenvalue weighted by Gasteiger charge is 2.06. The fourth-order valence-corrected chi connectivity index (χ4v) is 2.24. The first-order valence-corrected chi connectivity index (χ1v) is 7.43. The molecule has 0 fully saturated rings. The third kappa shape index (κ3) is 5.98. The van der Waals surface area contributed by atoms with Crippen LogP contribution in [0.25, 0.3) is 0 Å². The molecule has 0 saturated heterocycles. The number of aryl methyl sites for hydroxylation is 2. The van der Waals surface area contributed by atoms with E-state index in [4.69, 9.17) is 9.47 Å². The number of carbonyl (C=O) groups excluding carboxylic acids is 2. The number of rotatable bonds is 9. The Morgan fingerprint density at radius 1 is 1.14 bits per heavy atom. The van der Waals surface area contributed by atoms with Gasteiger partial charge in [-0.15, -0.1) is 0 Å². The molecular weight excluding hydrogens is 268 g/mol. The van der Waals surface area contributed by atoms with Crippen LogP contribution in [0.15, 0.2) is 12.1 Å². The minimum Gasteiger partial charge on any atom is -0.493 e. The van der Waals surface area contributed by atoms with Crippen molar-refractivity contribution in [2.45, 2.75) is 46.5 Å². The van der Waals surface area contributed by atoms with E-state index in [0.717, 1.165) is 42.4 Å². The minimum atomic E-state index is -0.130. The Hall–Kier alpha value is -1.84. The van der Waals surface area contributed by atoms with Crippen molar-refractivity contribution >= 4 is 12.3 Å². The number of hydrogen-bond donors (Lipinski definition) is 0. The normalized spacial score (nSPS) is 10.2. The van der Waals surface area contributed by atoms with Gasteiger partial charge in [-0.1, -0.05) is 0 Å². The van der Waals surface area contributed by atoms with Gasteiger partial charge in [0.05, 0.1) is 13.2 Å².